The number of alkyl halides is 3. The first-order valence-corrected chi connectivity index (χ1v) is 5.44. The monoisotopic (exact) mass is 281 g/mol. The molecule has 1 rings (SSSR count). The van der Waals surface area contributed by atoms with E-state index >= 15 is 0 Å². The Morgan fingerprint density at radius 1 is 1.67 bits per heavy atom. The minimum Gasteiger partial charge on any atom is -0.370 e. The molecule has 6 nitrogen and oxygen atoms in total. The molecule has 0 aromatic carbocycles. The first kappa shape index (κ1) is 14.4. The van der Waals surface area contributed by atoms with Crippen molar-refractivity contribution in [1.29, 1.82) is 0 Å². The molecule has 1 aliphatic heterocycles. The number of hydrogen-bond acceptors (Lipinski definition) is 4. The quantitative estimate of drug-likeness (QED) is 0.412. The van der Waals surface area contributed by atoms with Crippen LogP contribution in [-0.2, 0) is 11.3 Å². The minimum atomic E-state index is -4.43. The van der Waals surface area contributed by atoms with Crippen LogP contribution in [0.1, 0.15) is 6.92 Å². The van der Waals surface area contributed by atoms with E-state index in [4.69, 9.17) is 5.73 Å². The molecule has 1 aliphatic rings. The van der Waals surface area contributed by atoms with Crippen LogP contribution >= 0.6 is 0 Å². The highest BCUT2D eigenvalue weighted by Gasteiger charge is 2.27. The molecule has 1 heterocycles. The third kappa shape index (κ3) is 4.65. The number of guanidine groups is 1. The Labute approximate surface area is 104 Å². The van der Waals surface area contributed by atoms with Crippen LogP contribution in [0.15, 0.2) is 15.0 Å². The van der Waals surface area contributed by atoms with Gasteiger partial charge in [-0.25, -0.2) is 19.2 Å². The summed E-state index contributed by atoms with van der Waals surface area (Å²) >= 11 is 0.137. The summed E-state index contributed by atoms with van der Waals surface area (Å²) in [6.45, 7) is 0.190. The second-order valence-electron chi connectivity index (χ2n) is 3.28. The van der Waals surface area contributed by atoms with E-state index in [1.54, 1.807) is 6.92 Å². The van der Waals surface area contributed by atoms with Gasteiger partial charge in [-0.3, -0.25) is 0 Å². The third-order valence-electron chi connectivity index (χ3n) is 1.77. The largest absolute Gasteiger partial charge is 0.408 e. The Morgan fingerprint density at radius 2 is 2.33 bits per heavy atom. The van der Waals surface area contributed by atoms with Crippen molar-refractivity contribution in [2.24, 2.45) is 20.7 Å². The number of halogens is 3. The topological polar surface area (TPSA) is 92.2 Å². The van der Waals surface area contributed by atoms with Gasteiger partial charge in [0, 0.05) is 6.21 Å². The predicted octanol–water partition coefficient (Wildman–Crippen LogP) is -0.333. The molecule has 100 valence electrons. The van der Waals surface area contributed by atoms with Gasteiger partial charge in [0.05, 0.1) is 11.3 Å². The molecule has 0 saturated carbocycles. The van der Waals surface area contributed by atoms with Crippen molar-refractivity contribution in [2.75, 3.05) is 6.54 Å². The molecule has 0 spiro atoms. The Balaban J connectivity index is 2.72. The lowest BCUT2D eigenvalue weighted by molar-refractivity contribution is -0.118. The van der Waals surface area contributed by atoms with Gasteiger partial charge in [0.25, 0.3) is 0 Å². The van der Waals surface area contributed by atoms with Crippen molar-refractivity contribution in [1.82, 2.24) is 5.32 Å². The average Bonchev–Trinajstić information content (AvgIpc) is 2.26. The maximum atomic E-state index is 11.9. The van der Waals surface area contributed by atoms with Gasteiger partial charge in [0.1, 0.15) is 17.2 Å². The van der Waals surface area contributed by atoms with Crippen LogP contribution < -0.4 is 11.1 Å². The van der Waals surface area contributed by atoms with Crippen molar-refractivity contribution in [3.8, 4) is 0 Å². The molecule has 0 aromatic rings. The number of nitrogens with two attached hydrogens (primary N) is 1. The van der Waals surface area contributed by atoms with E-state index in [-0.39, 0.29) is 16.1 Å². The standard InChI is InChI=1S/C8H10F3N5OS/c1-4-13-2-5(18-17)6(15-4)16-7(12)14-3-8(9,10)11/h2,6H,3H2,1H3,(H3,12,14,16). The maximum absolute atomic E-state index is 11.9. The Bertz CT molecular complexity index is 464. The number of amidine groups is 1. The lowest BCUT2D eigenvalue weighted by Gasteiger charge is -2.17. The van der Waals surface area contributed by atoms with Gasteiger partial charge in [-0.1, -0.05) is 0 Å². The number of aliphatic imine (C=N–C) groups is 3. The molecule has 0 bridgehead atoms. The second kappa shape index (κ2) is 5.76. The molecular weight excluding hydrogens is 271 g/mol. The van der Waals surface area contributed by atoms with Crippen molar-refractivity contribution < 1.29 is 17.4 Å². The van der Waals surface area contributed by atoms with Gasteiger partial charge in [-0.2, -0.15) is 13.2 Å². The molecule has 18 heavy (non-hydrogen) atoms. The highest BCUT2D eigenvalue weighted by atomic mass is 32.1. The van der Waals surface area contributed by atoms with Crippen LogP contribution in [0.3, 0.4) is 0 Å². The molecule has 3 N–H and O–H groups in total. The lowest BCUT2D eigenvalue weighted by atomic mass is 10.3. The van der Waals surface area contributed by atoms with Crippen molar-refractivity contribution in [2.45, 2.75) is 19.3 Å². The number of hydrogen-bond donors (Lipinski definition) is 2. The highest BCUT2D eigenvalue weighted by Crippen LogP contribution is 2.14. The van der Waals surface area contributed by atoms with Gasteiger partial charge in [-0.05, 0) is 6.92 Å². The normalized spacial score (nSPS) is 20.7. The van der Waals surface area contributed by atoms with E-state index in [1.165, 1.54) is 6.21 Å². The molecule has 0 radical (unpaired) electrons. The van der Waals surface area contributed by atoms with Crippen LogP contribution in [0.25, 0.3) is 0 Å². The zero-order chi connectivity index (χ0) is 13.8. The zero-order valence-electron chi connectivity index (χ0n) is 9.23. The highest BCUT2D eigenvalue weighted by molar-refractivity contribution is 7.68. The first-order chi connectivity index (χ1) is 8.31. The van der Waals surface area contributed by atoms with Crippen LogP contribution in [0.2, 0.25) is 0 Å². The van der Waals surface area contributed by atoms with E-state index in [2.05, 4.69) is 20.3 Å². The van der Waals surface area contributed by atoms with Crippen molar-refractivity contribution in [3.63, 3.8) is 0 Å². The second-order valence-corrected chi connectivity index (χ2v) is 3.92. The molecule has 0 aliphatic carbocycles. The summed E-state index contributed by atoms with van der Waals surface area (Å²) in [7, 11) is 0. The maximum Gasteiger partial charge on any atom is 0.408 e. The Hall–Kier alpha value is -1.71. The fourth-order valence-corrected chi connectivity index (χ4v) is 1.34. The molecule has 1 unspecified atom stereocenters. The van der Waals surface area contributed by atoms with Gasteiger partial charge in [0.15, 0.2) is 12.1 Å². The van der Waals surface area contributed by atoms with E-state index in [0.29, 0.717) is 5.84 Å². The van der Waals surface area contributed by atoms with E-state index in [9.17, 15) is 17.4 Å². The van der Waals surface area contributed by atoms with Crippen LogP contribution in [-0.4, -0.2) is 46.0 Å². The molecule has 1 atom stereocenters. The van der Waals surface area contributed by atoms with Gasteiger partial charge < -0.3 is 11.1 Å². The van der Waals surface area contributed by atoms with E-state index in [1.807, 2.05) is 0 Å². The predicted molar refractivity (Wildman–Crippen MR) is 64.2 cm³/mol. The summed E-state index contributed by atoms with van der Waals surface area (Å²) < 4.78 is 46.4. The fraction of sp³-hybridized carbons (Fsp3) is 0.500. The lowest BCUT2D eigenvalue weighted by Crippen LogP contribution is -2.46. The summed E-state index contributed by atoms with van der Waals surface area (Å²) in [6.07, 6.45) is -3.99. The van der Waals surface area contributed by atoms with Crippen LogP contribution in [0.5, 0.6) is 0 Å². The molecule has 0 saturated heterocycles. The molecule has 10 heteroatoms. The number of nitrogens with one attached hydrogen (secondary N) is 1. The van der Waals surface area contributed by atoms with Crippen LogP contribution in [0, 0.1) is 0 Å². The summed E-state index contributed by atoms with van der Waals surface area (Å²) in [6, 6.07) is 0. The van der Waals surface area contributed by atoms with Gasteiger partial charge in [0.2, 0.25) is 0 Å². The molecule has 0 aromatic heterocycles. The third-order valence-corrected chi connectivity index (χ3v) is 2.29. The van der Waals surface area contributed by atoms with Crippen molar-refractivity contribution in [3.05, 3.63) is 0 Å². The van der Waals surface area contributed by atoms with Gasteiger partial charge in [-0.15, -0.1) is 0 Å². The number of nitrogens with zero attached hydrogens (tertiary/aromatic N) is 3. The van der Waals surface area contributed by atoms with Crippen LogP contribution in [0.4, 0.5) is 13.2 Å². The Kier molecular flexibility index (Phi) is 4.59. The molecule has 0 amide bonds. The summed E-state index contributed by atoms with van der Waals surface area (Å²) in [5, 5.41) is 2.41. The summed E-state index contributed by atoms with van der Waals surface area (Å²) in [5.74, 6) is -0.0513. The Morgan fingerprint density at radius 3 is 2.89 bits per heavy atom. The van der Waals surface area contributed by atoms with E-state index in [0.717, 1.165) is 0 Å². The summed E-state index contributed by atoms with van der Waals surface area (Å²) in [5.41, 5.74) is 5.27. The molecular formula is C8H10F3N5OS. The van der Waals surface area contributed by atoms with Crippen molar-refractivity contribution >= 4 is 34.1 Å². The summed E-state index contributed by atoms with van der Waals surface area (Å²) in [4.78, 5) is 11.0. The van der Waals surface area contributed by atoms with E-state index < -0.39 is 24.8 Å². The zero-order valence-corrected chi connectivity index (χ0v) is 10.0. The molecule has 0 fully saturated rings. The fourth-order valence-electron chi connectivity index (χ4n) is 1.04. The average molecular weight is 281 g/mol. The van der Waals surface area contributed by atoms with Gasteiger partial charge >= 0.3 is 6.18 Å². The number of rotatable bonds is 2. The smallest absolute Gasteiger partial charge is 0.370 e. The minimum absolute atomic E-state index is 0.137. The SMILES string of the molecule is CC1=NC(NC(N)=NCC(F)(F)F)C(=S=O)C=N1. The first-order valence-electron chi connectivity index (χ1n) is 4.70.